The molecule has 0 aliphatic heterocycles. The Balaban J connectivity index is 2.66. The number of rotatable bonds is 2. The maximum absolute atomic E-state index is 10.2. The maximum Gasteiger partial charge on any atom is 0.328 e. The molecule has 2 nitrogen and oxygen atoms in total. The van der Waals surface area contributed by atoms with Crippen LogP contribution >= 0.6 is 11.6 Å². The van der Waals surface area contributed by atoms with E-state index in [1.54, 1.807) is 6.08 Å². The van der Waals surface area contributed by atoms with E-state index in [4.69, 9.17) is 16.7 Å². The Morgan fingerprint density at radius 1 is 1.42 bits per heavy atom. The van der Waals surface area contributed by atoms with Crippen molar-refractivity contribution in [2.24, 2.45) is 0 Å². The number of carboxylic acid groups (broad SMARTS) is 1. The molecule has 0 aromatic rings. The molecule has 0 bridgehead atoms. The van der Waals surface area contributed by atoms with Crippen LogP contribution in [0.1, 0.15) is 25.7 Å². The molecule has 3 heteroatoms. The molecule has 0 saturated carbocycles. The summed E-state index contributed by atoms with van der Waals surface area (Å²) in [7, 11) is 0. The predicted octanol–water partition coefficient (Wildman–Crippen LogP) is 2.69. The van der Waals surface area contributed by atoms with E-state index < -0.39 is 5.97 Å². The standard InChI is InChI=1S/C9H11ClO2/c10-8-4-2-1-3-7(8)5-6-9(11)12/h5-6H,1-4H2,(H,11,12)/b6-5+. The number of carbonyl (C=O) groups is 1. The first-order valence-corrected chi connectivity index (χ1v) is 4.36. The van der Waals surface area contributed by atoms with Crippen molar-refractivity contribution in [2.75, 3.05) is 0 Å². The van der Waals surface area contributed by atoms with Crippen molar-refractivity contribution in [1.82, 2.24) is 0 Å². The summed E-state index contributed by atoms with van der Waals surface area (Å²) in [6, 6.07) is 0. The summed E-state index contributed by atoms with van der Waals surface area (Å²) >= 11 is 5.90. The summed E-state index contributed by atoms with van der Waals surface area (Å²) in [5, 5.41) is 9.20. The minimum absolute atomic E-state index is 0.818. The third-order valence-electron chi connectivity index (χ3n) is 1.87. The number of carboxylic acids is 1. The van der Waals surface area contributed by atoms with Crippen LogP contribution in [0.25, 0.3) is 0 Å². The van der Waals surface area contributed by atoms with Crippen molar-refractivity contribution in [3.8, 4) is 0 Å². The van der Waals surface area contributed by atoms with E-state index in [0.717, 1.165) is 42.4 Å². The van der Waals surface area contributed by atoms with Crippen LogP contribution in [-0.4, -0.2) is 11.1 Å². The summed E-state index contributed by atoms with van der Waals surface area (Å²) in [6.07, 6.45) is 6.76. The number of hydrogen-bond acceptors (Lipinski definition) is 1. The zero-order valence-corrected chi connectivity index (χ0v) is 7.47. The van der Waals surface area contributed by atoms with Crippen LogP contribution in [0, 0.1) is 0 Å². The smallest absolute Gasteiger partial charge is 0.328 e. The molecule has 1 rings (SSSR count). The molecule has 0 unspecified atom stereocenters. The second kappa shape index (κ2) is 4.31. The van der Waals surface area contributed by atoms with Crippen molar-refractivity contribution in [2.45, 2.75) is 25.7 Å². The van der Waals surface area contributed by atoms with Crippen LogP contribution in [0.15, 0.2) is 22.8 Å². The number of aliphatic carboxylic acids is 1. The van der Waals surface area contributed by atoms with E-state index in [1.807, 2.05) is 0 Å². The Hall–Kier alpha value is -0.760. The second-order valence-corrected chi connectivity index (χ2v) is 3.27. The minimum atomic E-state index is -0.919. The third kappa shape index (κ3) is 2.70. The van der Waals surface area contributed by atoms with E-state index in [1.165, 1.54) is 0 Å². The first kappa shape index (κ1) is 9.33. The van der Waals surface area contributed by atoms with Gasteiger partial charge in [0.1, 0.15) is 0 Å². The van der Waals surface area contributed by atoms with Crippen molar-refractivity contribution in [1.29, 1.82) is 0 Å². The molecule has 0 fully saturated rings. The molecule has 0 spiro atoms. The van der Waals surface area contributed by atoms with Crippen molar-refractivity contribution < 1.29 is 9.90 Å². The molecular weight excluding hydrogens is 176 g/mol. The quantitative estimate of drug-likeness (QED) is 0.674. The topological polar surface area (TPSA) is 37.3 Å². The molecule has 0 radical (unpaired) electrons. The Morgan fingerprint density at radius 2 is 2.08 bits per heavy atom. The first-order valence-electron chi connectivity index (χ1n) is 3.98. The monoisotopic (exact) mass is 186 g/mol. The first-order chi connectivity index (χ1) is 5.70. The molecule has 12 heavy (non-hydrogen) atoms. The average molecular weight is 187 g/mol. The zero-order valence-electron chi connectivity index (χ0n) is 6.72. The van der Waals surface area contributed by atoms with E-state index in [-0.39, 0.29) is 0 Å². The molecule has 1 aliphatic rings. The van der Waals surface area contributed by atoms with Gasteiger partial charge in [-0.1, -0.05) is 17.7 Å². The van der Waals surface area contributed by atoms with Gasteiger partial charge >= 0.3 is 5.97 Å². The van der Waals surface area contributed by atoms with Crippen molar-refractivity contribution in [3.05, 3.63) is 22.8 Å². The van der Waals surface area contributed by atoms with Gasteiger partial charge in [0.15, 0.2) is 0 Å². The third-order valence-corrected chi connectivity index (χ3v) is 2.30. The van der Waals surface area contributed by atoms with Gasteiger partial charge in [-0.25, -0.2) is 4.79 Å². The molecule has 1 aliphatic carbocycles. The maximum atomic E-state index is 10.2. The number of allylic oxidation sites excluding steroid dienone is 3. The van der Waals surface area contributed by atoms with Crippen LogP contribution in [0.2, 0.25) is 0 Å². The molecule has 0 atom stereocenters. The van der Waals surface area contributed by atoms with Gasteiger partial charge in [-0.3, -0.25) is 0 Å². The Labute approximate surface area is 76.5 Å². The van der Waals surface area contributed by atoms with Crippen LogP contribution in [0.4, 0.5) is 0 Å². The van der Waals surface area contributed by atoms with Gasteiger partial charge in [-0.15, -0.1) is 0 Å². The van der Waals surface area contributed by atoms with E-state index in [0.29, 0.717) is 0 Å². The Kier molecular flexibility index (Phi) is 3.35. The molecule has 0 aromatic carbocycles. The summed E-state index contributed by atoms with van der Waals surface area (Å²) in [4.78, 5) is 10.2. The number of hydrogen-bond donors (Lipinski definition) is 1. The summed E-state index contributed by atoms with van der Waals surface area (Å²) < 4.78 is 0. The number of halogens is 1. The highest BCUT2D eigenvalue weighted by Crippen LogP contribution is 2.27. The lowest BCUT2D eigenvalue weighted by Gasteiger charge is -2.11. The molecule has 0 heterocycles. The van der Waals surface area contributed by atoms with Gasteiger partial charge in [0.25, 0.3) is 0 Å². The normalized spacial score (nSPS) is 18.8. The van der Waals surface area contributed by atoms with Gasteiger partial charge in [0, 0.05) is 11.1 Å². The lowest BCUT2D eigenvalue weighted by molar-refractivity contribution is -0.131. The SMILES string of the molecule is O=C(O)/C=C/C1=C(Cl)CCCC1. The van der Waals surface area contributed by atoms with Crippen molar-refractivity contribution in [3.63, 3.8) is 0 Å². The lowest BCUT2D eigenvalue weighted by Crippen LogP contribution is -1.94. The van der Waals surface area contributed by atoms with Gasteiger partial charge in [0.2, 0.25) is 0 Å². The fraction of sp³-hybridized carbons (Fsp3) is 0.444. The molecular formula is C9H11ClO2. The Morgan fingerprint density at radius 3 is 2.67 bits per heavy atom. The van der Waals surface area contributed by atoms with Crippen LogP contribution in [-0.2, 0) is 4.79 Å². The zero-order chi connectivity index (χ0) is 8.97. The highest BCUT2D eigenvalue weighted by Gasteiger charge is 2.07. The van der Waals surface area contributed by atoms with Crippen LogP contribution in [0.3, 0.4) is 0 Å². The second-order valence-electron chi connectivity index (χ2n) is 2.81. The summed E-state index contributed by atoms with van der Waals surface area (Å²) in [5.74, 6) is -0.919. The van der Waals surface area contributed by atoms with Crippen LogP contribution in [0.5, 0.6) is 0 Å². The highest BCUT2D eigenvalue weighted by molar-refractivity contribution is 6.30. The van der Waals surface area contributed by atoms with E-state index in [9.17, 15) is 4.79 Å². The molecule has 0 aromatic heterocycles. The van der Waals surface area contributed by atoms with E-state index >= 15 is 0 Å². The largest absolute Gasteiger partial charge is 0.478 e. The Bertz CT molecular complexity index is 241. The summed E-state index contributed by atoms with van der Waals surface area (Å²) in [6.45, 7) is 0. The fourth-order valence-corrected chi connectivity index (χ4v) is 1.53. The molecule has 66 valence electrons. The van der Waals surface area contributed by atoms with Crippen LogP contribution < -0.4 is 0 Å². The molecule has 0 amide bonds. The van der Waals surface area contributed by atoms with Gasteiger partial charge in [-0.05, 0) is 31.3 Å². The highest BCUT2D eigenvalue weighted by atomic mass is 35.5. The lowest BCUT2D eigenvalue weighted by atomic mass is 9.99. The van der Waals surface area contributed by atoms with Gasteiger partial charge in [0.05, 0.1) is 0 Å². The predicted molar refractivity (Wildman–Crippen MR) is 48.1 cm³/mol. The average Bonchev–Trinajstić information content (AvgIpc) is 2.03. The minimum Gasteiger partial charge on any atom is -0.478 e. The van der Waals surface area contributed by atoms with E-state index in [2.05, 4.69) is 0 Å². The van der Waals surface area contributed by atoms with Gasteiger partial charge < -0.3 is 5.11 Å². The molecule has 1 N–H and O–H groups in total. The fourth-order valence-electron chi connectivity index (χ4n) is 1.24. The molecule has 0 saturated heterocycles. The van der Waals surface area contributed by atoms with Gasteiger partial charge in [-0.2, -0.15) is 0 Å². The summed E-state index contributed by atoms with van der Waals surface area (Å²) in [5.41, 5.74) is 0.977. The van der Waals surface area contributed by atoms with Crippen molar-refractivity contribution >= 4 is 17.6 Å².